The number of nitriles is 1. The topological polar surface area (TPSA) is 47.3 Å². The molecule has 1 aliphatic rings. The van der Waals surface area contributed by atoms with Crippen molar-refractivity contribution in [2.45, 2.75) is 26.0 Å². The van der Waals surface area contributed by atoms with E-state index in [9.17, 15) is 5.11 Å². The molecular weight excluding hydrogens is 248 g/mol. The Morgan fingerprint density at radius 3 is 2.67 bits per heavy atom. The van der Waals surface area contributed by atoms with Gasteiger partial charge in [0.25, 0.3) is 0 Å². The van der Waals surface area contributed by atoms with E-state index in [1.54, 1.807) is 12.1 Å². The predicted molar refractivity (Wildman–Crippen MR) is 71.2 cm³/mol. The molecule has 0 spiro atoms. The summed E-state index contributed by atoms with van der Waals surface area (Å²) in [5.74, 6) is 0.269. The zero-order valence-corrected chi connectivity index (χ0v) is 11.4. The molecule has 1 aromatic rings. The Bertz CT molecular complexity index is 487. The molecule has 1 aliphatic heterocycles. The highest BCUT2D eigenvalue weighted by molar-refractivity contribution is 6.31. The van der Waals surface area contributed by atoms with Crippen LogP contribution in [-0.2, 0) is 6.54 Å². The van der Waals surface area contributed by atoms with E-state index in [1.165, 1.54) is 0 Å². The summed E-state index contributed by atoms with van der Waals surface area (Å²) < 4.78 is 0. The molecule has 4 heteroatoms. The van der Waals surface area contributed by atoms with E-state index in [2.05, 4.69) is 11.0 Å². The number of benzene rings is 1. The lowest BCUT2D eigenvalue weighted by atomic mass is 9.83. The van der Waals surface area contributed by atoms with Crippen molar-refractivity contribution < 1.29 is 5.11 Å². The Hall–Kier alpha value is -1.08. The highest BCUT2D eigenvalue weighted by atomic mass is 35.5. The van der Waals surface area contributed by atoms with Crippen LogP contribution in [0.3, 0.4) is 0 Å². The molecule has 96 valence electrons. The van der Waals surface area contributed by atoms with Crippen molar-refractivity contribution in [3.63, 3.8) is 0 Å². The van der Waals surface area contributed by atoms with Crippen LogP contribution in [0.4, 0.5) is 0 Å². The van der Waals surface area contributed by atoms with Crippen LogP contribution >= 0.6 is 11.6 Å². The summed E-state index contributed by atoms with van der Waals surface area (Å²) in [4.78, 5) is 2.16. The largest absolute Gasteiger partial charge is 0.387 e. The molecule has 1 heterocycles. The molecule has 0 bridgehead atoms. The van der Waals surface area contributed by atoms with Crippen LogP contribution in [-0.4, -0.2) is 28.7 Å². The lowest BCUT2D eigenvalue weighted by molar-refractivity contribution is -0.130. The summed E-state index contributed by atoms with van der Waals surface area (Å²) in [5, 5.41) is 19.6. The monoisotopic (exact) mass is 264 g/mol. The van der Waals surface area contributed by atoms with Gasteiger partial charge in [0.05, 0.1) is 17.2 Å². The molecule has 18 heavy (non-hydrogen) atoms. The molecular formula is C14H17ClN2O. The first-order chi connectivity index (χ1) is 8.44. The van der Waals surface area contributed by atoms with Crippen LogP contribution < -0.4 is 0 Å². The number of aliphatic hydroxyl groups is 1. The van der Waals surface area contributed by atoms with E-state index in [0.717, 1.165) is 12.1 Å². The van der Waals surface area contributed by atoms with Crippen LogP contribution in [0.25, 0.3) is 0 Å². The van der Waals surface area contributed by atoms with Crippen molar-refractivity contribution in [3.8, 4) is 6.07 Å². The Kier molecular flexibility index (Phi) is 3.63. The van der Waals surface area contributed by atoms with Crippen LogP contribution in [0.1, 0.15) is 25.0 Å². The smallest absolute Gasteiger partial charge is 0.0992 e. The standard InChI is InChI=1S/C14H17ClN2O/c1-10(2)14(18)8-17(9-14)7-12-4-3-11(6-16)5-13(12)15/h3-5,10,18H,7-9H2,1-2H3. The van der Waals surface area contributed by atoms with Gasteiger partial charge in [-0.25, -0.2) is 0 Å². The van der Waals surface area contributed by atoms with E-state index in [0.29, 0.717) is 23.7 Å². The first-order valence-electron chi connectivity index (χ1n) is 6.08. The third-order valence-electron chi connectivity index (χ3n) is 3.65. The molecule has 0 radical (unpaired) electrons. The average Bonchev–Trinajstić information content (AvgIpc) is 2.28. The van der Waals surface area contributed by atoms with Crippen molar-refractivity contribution in [1.29, 1.82) is 5.26 Å². The minimum Gasteiger partial charge on any atom is -0.387 e. The van der Waals surface area contributed by atoms with Gasteiger partial charge in [-0.3, -0.25) is 4.90 Å². The first kappa shape index (κ1) is 13.4. The number of nitrogens with zero attached hydrogens (tertiary/aromatic N) is 2. The lowest BCUT2D eigenvalue weighted by Gasteiger charge is -2.49. The lowest BCUT2D eigenvalue weighted by Crippen LogP contribution is -2.63. The summed E-state index contributed by atoms with van der Waals surface area (Å²) in [6.07, 6.45) is 0. The van der Waals surface area contributed by atoms with Crippen LogP contribution in [0.2, 0.25) is 5.02 Å². The second-order valence-electron chi connectivity index (χ2n) is 5.32. The number of likely N-dealkylation sites (tertiary alicyclic amines) is 1. The van der Waals surface area contributed by atoms with Crippen molar-refractivity contribution in [2.24, 2.45) is 5.92 Å². The molecule has 0 aromatic heterocycles. The van der Waals surface area contributed by atoms with Gasteiger partial charge in [0, 0.05) is 24.7 Å². The predicted octanol–water partition coefficient (Wildman–Crippen LogP) is 2.41. The summed E-state index contributed by atoms with van der Waals surface area (Å²) in [6, 6.07) is 7.41. The highest BCUT2D eigenvalue weighted by Crippen LogP contribution is 2.31. The van der Waals surface area contributed by atoms with Gasteiger partial charge in [0.1, 0.15) is 0 Å². The number of hydrogen-bond donors (Lipinski definition) is 1. The quantitative estimate of drug-likeness (QED) is 0.912. The van der Waals surface area contributed by atoms with Gasteiger partial charge in [-0.05, 0) is 23.6 Å². The van der Waals surface area contributed by atoms with Gasteiger partial charge in [-0.15, -0.1) is 0 Å². The SMILES string of the molecule is CC(C)C1(O)CN(Cc2ccc(C#N)cc2Cl)C1. The molecule has 1 aromatic carbocycles. The van der Waals surface area contributed by atoms with Gasteiger partial charge >= 0.3 is 0 Å². The molecule has 0 amide bonds. The Morgan fingerprint density at radius 1 is 1.50 bits per heavy atom. The minimum absolute atomic E-state index is 0.269. The van der Waals surface area contributed by atoms with E-state index in [1.807, 2.05) is 19.9 Å². The summed E-state index contributed by atoms with van der Waals surface area (Å²) in [6.45, 7) is 6.15. The first-order valence-corrected chi connectivity index (χ1v) is 6.45. The maximum atomic E-state index is 10.2. The fraction of sp³-hybridized carbons (Fsp3) is 0.500. The second-order valence-corrected chi connectivity index (χ2v) is 5.73. The third-order valence-corrected chi connectivity index (χ3v) is 4.00. The molecule has 0 saturated carbocycles. The zero-order valence-electron chi connectivity index (χ0n) is 10.7. The molecule has 1 fully saturated rings. The summed E-state index contributed by atoms with van der Waals surface area (Å²) in [7, 11) is 0. The fourth-order valence-electron chi connectivity index (χ4n) is 2.19. The van der Waals surface area contributed by atoms with Crippen molar-refractivity contribution >= 4 is 11.6 Å². The van der Waals surface area contributed by atoms with Gasteiger partial charge in [-0.2, -0.15) is 5.26 Å². The highest BCUT2D eigenvalue weighted by Gasteiger charge is 2.43. The number of halogens is 1. The zero-order chi connectivity index (χ0) is 13.3. The molecule has 0 aliphatic carbocycles. The van der Waals surface area contributed by atoms with Gasteiger partial charge < -0.3 is 5.11 Å². The maximum absolute atomic E-state index is 10.2. The third kappa shape index (κ3) is 2.51. The van der Waals surface area contributed by atoms with Gasteiger partial charge in [0.2, 0.25) is 0 Å². The molecule has 1 saturated heterocycles. The number of rotatable bonds is 3. The molecule has 0 atom stereocenters. The summed E-state index contributed by atoms with van der Waals surface area (Å²) >= 11 is 6.13. The van der Waals surface area contributed by atoms with Crippen LogP contribution in [0, 0.1) is 17.2 Å². The molecule has 1 N–H and O–H groups in total. The average molecular weight is 265 g/mol. The molecule has 2 rings (SSSR count). The molecule has 0 unspecified atom stereocenters. The van der Waals surface area contributed by atoms with Gasteiger partial charge in [0.15, 0.2) is 0 Å². The number of β-amino-alcohol motifs (C(OH)–C–C–N with tert-alkyl or cyclic N) is 1. The van der Waals surface area contributed by atoms with E-state index in [4.69, 9.17) is 16.9 Å². The summed E-state index contributed by atoms with van der Waals surface area (Å²) in [5.41, 5.74) is 1.02. The Morgan fingerprint density at radius 2 is 2.17 bits per heavy atom. The van der Waals surface area contributed by atoms with E-state index >= 15 is 0 Å². The molecule has 3 nitrogen and oxygen atoms in total. The fourth-order valence-corrected chi connectivity index (χ4v) is 2.43. The van der Waals surface area contributed by atoms with Crippen molar-refractivity contribution in [3.05, 3.63) is 34.3 Å². The van der Waals surface area contributed by atoms with Crippen molar-refractivity contribution in [2.75, 3.05) is 13.1 Å². The Balaban J connectivity index is 1.99. The normalized spacial score (nSPS) is 18.4. The second kappa shape index (κ2) is 4.89. The van der Waals surface area contributed by atoms with Gasteiger partial charge in [-0.1, -0.05) is 31.5 Å². The number of hydrogen-bond acceptors (Lipinski definition) is 3. The Labute approximate surface area is 113 Å². The van der Waals surface area contributed by atoms with Crippen LogP contribution in [0.5, 0.6) is 0 Å². The van der Waals surface area contributed by atoms with Crippen molar-refractivity contribution in [1.82, 2.24) is 4.90 Å². The van der Waals surface area contributed by atoms with E-state index < -0.39 is 5.60 Å². The minimum atomic E-state index is -0.556. The van der Waals surface area contributed by atoms with E-state index in [-0.39, 0.29) is 5.92 Å². The maximum Gasteiger partial charge on any atom is 0.0992 e. The van der Waals surface area contributed by atoms with Crippen LogP contribution in [0.15, 0.2) is 18.2 Å².